The topological polar surface area (TPSA) is 86.7 Å². The standard InChI is InChI=1S/C21H28N2O4/c1-14-6-9-18(21(26)27)13-23(14)20(25)17-10-7-15(8-11-17)12-22-19(24)16-4-2-3-5-16/h7-8,10-11,14,16,18H,2-6,9,12-13H2,1H3,(H,22,24)(H,26,27). The summed E-state index contributed by atoms with van der Waals surface area (Å²) in [7, 11) is 0. The van der Waals surface area contributed by atoms with Crippen LogP contribution in [-0.4, -0.2) is 40.4 Å². The molecule has 0 bridgehead atoms. The van der Waals surface area contributed by atoms with Crippen molar-refractivity contribution in [1.82, 2.24) is 10.2 Å². The first kappa shape index (κ1) is 19.4. The molecule has 1 aliphatic heterocycles. The number of nitrogens with zero attached hydrogens (tertiary/aromatic N) is 1. The summed E-state index contributed by atoms with van der Waals surface area (Å²) in [6.45, 7) is 2.68. The Morgan fingerprint density at radius 1 is 1.04 bits per heavy atom. The molecule has 0 spiro atoms. The Balaban J connectivity index is 1.58. The van der Waals surface area contributed by atoms with Gasteiger partial charge in [-0.15, -0.1) is 0 Å². The number of amides is 2. The molecule has 2 fully saturated rings. The van der Waals surface area contributed by atoms with Gasteiger partial charge in [0.05, 0.1) is 5.92 Å². The summed E-state index contributed by atoms with van der Waals surface area (Å²) < 4.78 is 0. The Hall–Kier alpha value is -2.37. The predicted octanol–water partition coefficient (Wildman–Crippen LogP) is 2.82. The number of benzene rings is 1. The number of carboxylic acids is 1. The molecule has 3 rings (SSSR count). The fourth-order valence-corrected chi connectivity index (χ4v) is 4.04. The van der Waals surface area contributed by atoms with Crippen LogP contribution in [0.5, 0.6) is 0 Å². The summed E-state index contributed by atoms with van der Waals surface area (Å²) in [4.78, 5) is 37.8. The van der Waals surface area contributed by atoms with E-state index in [-0.39, 0.29) is 30.3 Å². The van der Waals surface area contributed by atoms with Gasteiger partial charge < -0.3 is 15.3 Å². The van der Waals surface area contributed by atoms with Crippen LogP contribution in [0.25, 0.3) is 0 Å². The maximum Gasteiger partial charge on any atom is 0.308 e. The highest BCUT2D eigenvalue weighted by atomic mass is 16.4. The third-order valence-electron chi connectivity index (χ3n) is 5.89. The van der Waals surface area contributed by atoms with E-state index in [0.717, 1.165) is 31.2 Å². The maximum absolute atomic E-state index is 12.8. The van der Waals surface area contributed by atoms with Gasteiger partial charge in [-0.25, -0.2) is 0 Å². The smallest absolute Gasteiger partial charge is 0.308 e. The zero-order chi connectivity index (χ0) is 19.4. The Morgan fingerprint density at radius 2 is 1.70 bits per heavy atom. The largest absolute Gasteiger partial charge is 0.481 e. The molecule has 1 heterocycles. The van der Waals surface area contributed by atoms with E-state index in [4.69, 9.17) is 0 Å². The molecule has 1 saturated carbocycles. The van der Waals surface area contributed by atoms with E-state index in [2.05, 4.69) is 5.32 Å². The van der Waals surface area contributed by atoms with Crippen LogP contribution < -0.4 is 5.32 Å². The number of carbonyl (C=O) groups is 3. The number of rotatable bonds is 5. The van der Waals surface area contributed by atoms with Crippen molar-refractivity contribution in [3.8, 4) is 0 Å². The van der Waals surface area contributed by atoms with Gasteiger partial charge in [-0.2, -0.15) is 0 Å². The summed E-state index contributed by atoms with van der Waals surface area (Å²) in [5.41, 5.74) is 1.51. The third-order valence-corrected chi connectivity index (χ3v) is 5.89. The molecule has 6 heteroatoms. The van der Waals surface area contributed by atoms with Crippen LogP contribution in [0, 0.1) is 11.8 Å². The molecule has 2 atom stereocenters. The highest BCUT2D eigenvalue weighted by molar-refractivity contribution is 5.94. The van der Waals surface area contributed by atoms with Gasteiger partial charge >= 0.3 is 5.97 Å². The van der Waals surface area contributed by atoms with Crippen molar-refractivity contribution in [3.63, 3.8) is 0 Å². The molecule has 0 aromatic heterocycles. The lowest BCUT2D eigenvalue weighted by Gasteiger charge is -2.36. The lowest BCUT2D eigenvalue weighted by molar-refractivity contribution is -0.143. The van der Waals surface area contributed by atoms with Crippen molar-refractivity contribution in [2.75, 3.05) is 6.54 Å². The summed E-state index contributed by atoms with van der Waals surface area (Å²) in [5.74, 6) is -1.19. The van der Waals surface area contributed by atoms with Gasteiger partial charge in [-0.05, 0) is 50.3 Å². The minimum atomic E-state index is -0.840. The molecule has 0 radical (unpaired) electrons. The van der Waals surface area contributed by atoms with Crippen molar-refractivity contribution < 1.29 is 19.5 Å². The first-order valence-corrected chi connectivity index (χ1v) is 9.86. The zero-order valence-corrected chi connectivity index (χ0v) is 15.8. The lowest BCUT2D eigenvalue weighted by Crippen LogP contribution is -2.47. The highest BCUT2D eigenvalue weighted by Crippen LogP contribution is 2.25. The maximum atomic E-state index is 12.8. The summed E-state index contributed by atoms with van der Waals surface area (Å²) >= 11 is 0. The van der Waals surface area contributed by atoms with E-state index in [1.54, 1.807) is 17.0 Å². The summed E-state index contributed by atoms with van der Waals surface area (Å²) in [6, 6.07) is 7.27. The number of nitrogens with one attached hydrogen (secondary N) is 1. The minimum absolute atomic E-state index is 0.0403. The molecule has 1 aliphatic carbocycles. The molecule has 2 N–H and O–H groups in total. The average molecular weight is 372 g/mol. The molecule has 1 aromatic carbocycles. The number of aliphatic carboxylic acids is 1. The van der Waals surface area contributed by atoms with Crippen LogP contribution in [0.2, 0.25) is 0 Å². The Kier molecular flexibility index (Phi) is 6.14. The average Bonchev–Trinajstić information content (AvgIpc) is 3.21. The van der Waals surface area contributed by atoms with Crippen LogP contribution in [-0.2, 0) is 16.1 Å². The monoisotopic (exact) mass is 372 g/mol. The zero-order valence-electron chi connectivity index (χ0n) is 15.8. The van der Waals surface area contributed by atoms with Crippen molar-refractivity contribution in [3.05, 3.63) is 35.4 Å². The van der Waals surface area contributed by atoms with Gasteiger partial charge in [-0.1, -0.05) is 25.0 Å². The van der Waals surface area contributed by atoms with Gasteiger partial charge in [0.1, 0.15) is 0 Å². The van der Waals surface area contributed by atoms with Crippen LogP contribution >= 0.6 is 0 Å². The molecule has 2 unspecified atom stereocenters. The van der Waals surface area contributed by atoms with Crippen molar-refractivity contribution >= 4 is 17.8 Å². The van der Waals surface area contributed by atoms with E-state index < -0.39 is 11.9 Å². The minimum Gasteiger partial charge on any atom is -0.481 e. The van der Waals surface area contributed by atoms with Crippen LogP contribution in [0.3, 0.4) is 0 Å². The van der Waals surface area contributed by atoms with E-state index >= 15 is 0 Å². The van der Waals surface area contributed by atoms with Crippen LogP contribution in [0.15, 0.2) is 24.3 Å². The first-order chi connectivity index (χ1) is 13.0. The van der Waals surface area contributed by atoms with E-state index in [9.17, 15) is 19.5 Å². The molecule has 1 aromatic rings. The van der Waals surface area contributed by atoms with Crippen LogP contribution in [0.4, 0.5) is 0 Å². The highest BCUT2D eigenvalue weighted by Gasteiger charge is 2.32. The van der Waals surface area contributed by atoms with Crippen LogP contribution in [0.1, 0.15) is 61.4 Å². The third kappa shape index (κ3) is 4.67. The summed E-state index contributed by atoms with van der Waals surface area (Å²) in [6.07, 6.45) is 5.53. The van der Waals surface area contributed by atoms with Gasteiger partial charge in [-0.3, -0.25) is 14.4 Å². The van der Waals surface area contributed by atoms with Gasteiger partial charge in [0.2, 0.25) is 5.91 Å². The molecule has 1 saturated heterocycles. The molecule has 6 nitrogen and oxygen atoms in total. The van der Waals surface area contributed by atoms with E-state index in [1.165, 1.54) is 0 Å². The lowest BCUT2D eigenvalue weighted by atomic mass is 9.93. The Labute approximate surface area is 159 Å². The molecule has 2 aliphatic rings. The quantitative estimate of drug-likeness (QED) is 0.832. The number of hydrogen-bond acceptors (Lipinski definition) is 3. The second-order valence-corrected chi connectivity index (χ2v) is 7.82. The number of likely N-dealkylation sites (tertiary alicyclic amines) is 1. The number of piperidine rings is 1. The number of carbonyl (C=O) groups excluding carboxylic acids is 2. The van der Waals surface area contributed by atoms with E-state index in [1.807, 2.05) is 19.1 Å². The molecule has 2 amide bonds. The van der Waals surface area contributed by atoms with Crippen molar-refractivity contribution in [2.45, 2.75) is 58.0 Å². The van der Waals surface area contributed by atoms with Gasteiger partial charge in [0, 0.05) is 30.6 Å². The number of hydrogen-bond donors (Lipinski definition) is 2. The number of carboxylic acid groups (broad SMARTS) is 1. The second-order valence-electron chi connectivity index (χ2n) is 7.82. The molecular formula is C21H28N2O4. The predicted molar refractivity (Wildman–Crippen MR) is 101 cm³/mol. The SMILES string of the molecule is CC1CCC(C(=O)O)CN1C(=O)c1ccc(CNC(=O)C2CCCC2)cc1. The van der Waals surface area contributed by atoms with E-state index in [0.29, 0.717) is 24.9 Å². The second kappa shape index (κ2) is 8.55. The summed E-state index contributed by atoms with van der Waals surface area (Å²) in [5, 5.41) is 12.2. The normalized spacial score (nSPS) is 23.2. The molecular weight excluding hydrogens is 344 g/mol. The fourth-order valence-electron chi connectivity index (χ4n) is 4.04. The molecule has 27 heavy (non-hydrogen) atoms. The first-order valence-electron chi connectivity index (χ1n) is 9.86. The van der Waals surface area contributed by atoms with Gasteiger partial charge in [0.15, 0.2) is 0 Å². The fraction of sp³-hybridized carbons (Fsp3) is 0.571. The molecule has 146 valence electrons. The Bertz CT molecular complexity index is 695. The van der Waals surface area contributed by atoms with Crippen molar-refractivity contribution in [2.24, 2.45) is 11.8 Å². The van der Waals surface area contributed by atoms with Crippen molar-refractivity contribution in [1.29, 1.82) is 0 Å². The van der Waals surface area contributed by atoms with Gasteiger partial charge in [0.25, 0.3) is 5.91 Å². The Morgan fingerprint density at radius 3 is 2.33 bits per heavy atom.